The predicted molar refractivity (Wildman–Crippen MR) is 83.8 cm³/mol. The number of hydrogen-bond acceptors (Lipinski definition) is 4. The van der Waals surface area contributed by atoms with Crippen LogP contribution in [0.4, 0.5) is 11.4 Å². The smallest absolute Gasteiger partial charge is 0.245 e. The Kier molecular flexibility index (Phi) is 4.88. The zero-order chi connectivity index (χ0) is 14.7. The molecule has 1 unspecified atom stereocenters. The van der Waals surface area contributed by atoms with Crippen molar-refractivity contribution in [1.29, 1.82) is 0 Å². The summed E-state index contributed by atoms with van der Waals surface area (Å²) in [5.41, 5.74) is 7.42. The Morgan fingerprint density at radius 3 is 2.95 bits per heavy atom. The number of benzene rings is 1. The van der Waals surface area contributed by atoms with E-state index in [1.807, 2.05) is 32.0 Å². The molecule has 110 valence electrons. The third kappa shape index (κ3) is 3.43. The number of ether oxygens (including phenoxy) is 1. The number of nitrogen functional groups attached to an aromatic ring is 1. The maximum atomic E-state index is 12.3. The summed E-state index contributed by atoms with van der Waals surface area (Å²) in [4.78, 5) is 14.4. The Morgan fingerprint density at radius 2 is 2.30 bits per heavy atom. The Hall–Kier alpha value is -1.27. The van der Waals surface area contributed by atoms with Gasteiger partial charge in [-0.15, -0.1) is 0 Å². The number of hydrogen-bond donors (Lipinski definition) is 2. The molecule has 5 nitrogen and oxygen atoms in total. The Labute approximate surface area is 127 Å². The number of carbonyl (C=O) groups excluding carboxylic acids is 1. The average molecular weight is 342 g/mol. The van der Waals surface area contributed by atoms with Gasteiger partial charge in [-0.1, -0.05) is 0 Å². The summed E-state index contributed by atoms with van der Waals surface area (Å²) in [7, 11) is 0. The highest BCUT2D eigenvalue weighted by Gasteiger charge is 2.30. The maximum Gasteiger partial charge on any atom is 0.245 e. The Bertz CT molecular complexity index is 493. The van der Waals surface area contributed by atoms with E-state index < -0.39 is 0 Å². The first kappa shape index (κ1) is 15.1. The summed E-state index contributed by atoms with van der Waals surface area (Å²) in [6.45, 7) is 5.59. The molecule has 20 heavy (non-hydrogen) atoms. The number of nitrogens with zero attached hydrogens (tertiary/aromatic N) is 1. The molecule has 1 aromatic carbocycles. The van der Waals surface area contributed by atoms with Gasteiger partial charge in [0, 0.05) is 22.7 Å². The molecular weight excluding hydrogens is 322 g/mol. The lowest BCUT2D eigenvalue weighted by atomic mass is 10.1. The molecule has 0 aliphatic carbocycles. The van der Waals surface area contributed by atoms with Crippen LogP contribution in [0, 0.1) is 0 Å². The van der Waals surface area contributed by atoms with Crippen LogP contribution in [-0.4, -0.2) is 37.7 Å². The van der Waals surface area contributed by atoms with E-state index in [-0.39, 0.29) is 18.0 Å². The van der Waals surface area contributed by atoms with E-state index in [4.69, 9.17) is 10.5 Å². The largest absolute Gasteiger partial charge is 0.399 e. The Morgan fingerprint density at radius 1 is 1.55 bits per heavy atom. The minimum atomic E-state index is -0.314. The third-order valence-electron chi connectivity index (χ3n) is 3.14. The van der Waals surface area contributed by atoms with Gasteiger partial charge in [-0.25, -0.2) is 0 Å². The zero-order valence-corrected chi connectivity index (χ0v) is 13.3. The van der Waals surface area contributed by atoms with Gasteiger partial charge in [0.15, 0.2) is 0 Å². The van der Waals surface area contributed by atoms with E-state index in [1.165, 1.54) is 0 Å². The molecular formula is C14H20BrN3O2. The van der Waals surface area contributed by atoms with Gasteiger partial charge in [0.1, 0.15) is 6.04 Å². The number of morpholine rings is 1. The van der Waals surface area contributed by atoms with Crippen molar-refractivity contribution < 1.29 is 9.53 Å². The lowest BCUT2D eigenvalue weighted by Crippen LogP contribution is -2.55. The highest BCUT2D eigenvalue weighted by molar-refractivity contribution is 9.10. The minimum absolute atomic E-state index is 0.0107. The van der Waals surface area contributed by atoms with Crippen molar-refractivity contribution in [2.75, 3.05) is 30.4 Å². The summed E-state index contributed by atoms with van der Waals surface area (Å²) in [6, 6.07) is 5.42. The van der Waals surface area contributed by atoms with Crippen LogP contribution in [0.2, 0.25) is 0 Å². The number of anilines is 2. The van der Waals surface area contributed by atoms with Gasteiger partial charge >= 0.3 is 0 Å². The second-order valence-corrected chi connectivity index (χ2v) is 6.01. The van der Waals surface area contributed by atoms with Crippen LogP contribution in [0.25, 0.3) is 0 Å². The number of nitrogens with one attached hydrogen (secondary N) is 1. The molecule has 3 N–H and O–H groups in total. The average Bonchev–Trinajstić information content (AvgIpc) is 2.38. The van der Waals surface area contributed by atoms with E-state index in [0.29, 0.717) is 25.4 Å². The molecule has 1 saturated heterocycles. The molecule has 1 atom stereocenters. The zero-order valence-electron chi connectivity index (χ0n) is 11.7. The molecule has 1 fully saturated rings. The fourth-order valence-corrected chi connectivity index (χ4v) is 2.87. The van der Waals surface area contributed by atoms with E-state index in [0.717, 1.165) is 10.2 Å². The van der Waals surface area contributed by atoms with Crippen LogP contribution >= 0.6 is 15.9 Å². The van der Waals surface area contributed by atoms with Crippen LogP contribution in [0.1, 0.15) is 13.8 Å². The van der Waals surface area contributed by atoms with Gasteiger partial charge in [-0.3, -0.25) is 4.79 Å². The molecule has 0 saturated carbocycles. The highest BCUT2D eigenvalue weighted by Crippen LogP contribution is 2.30. The van der Waals surface area contributed by atoms with Gasteiger partial charge in [0.2, 0.25) is 5.91 Å². The fourth-order valence-electron chi connectivity index (χ4n) is 2.25. The summed E-state index contributed by atoms with van der Waals surface area (Å²) in [5.74, 6) is -0.0107. The van der Waals surface area contributed by atoms with Crippen molar-refractivity contribution in [3.05, 3.63) is 22.7 Å². The molecule has 1 aliphatic rings. The van der Waals surface area contributed by atoms with E-state index in [1.54, 1.807) is 0 Å². The second kappa shape index (κ2) is 6.45. The van der Waals surface area contributed by atoms with Crippen LogP contribution in [0.15, 0.2) is 22.7 Å². The van der Waals surface area contributed by atoms with Gasteiger partial charge < -0.3 is 20.7 Å². The predicted octanol–water partition coefficient (Wildman–Crippen LogP) is 1.76. The first-order valence-corrected chi connectivity index (χ1v) is 7.48. The highest BCUT2D eigenvalue weighted by atomic mass is 79.9. The van der Waals surface area contributed by atoms with Crippen molar-refractivity contribution in [3.63, 3.8) is 0 Å². The molecule has 1 aromatic rings. The topological polar surface area (TPSA) is 67.6 Å². The summed E-state index contributed by atoms with van der Waals surface area (Å²) >= 11 is 3.52. The van der Waals surface area contributed by atoms with E-state index >= 15 is 0 Å². The minimum Gasteiger partial charge on any atom is -0.399 e. The van der Waals surface area contributed by atoms with Crippen LogP contribution in [-0.2, 0) is 9.53 Å². The van der Waals surface area contributed by atoms with Gasteiger partial charge in [0.05, 0.1) is 18.9 Å². The molecule has 1 amide bonds. The first-order valence-electron chi connectivity index (χ1n) is 6.69. The second-order valence-electron chi connectivity index (χ2n) is 5.16. The van der Waals surface area contributed by atoms with Crippen LogP contribution in [0.5, 0.6) is 0 Å². The number of nitrogens with two attached hydrogens (primary N) is 1. The van der Waals surface area contributed by atoms with Gasteiger partial charge in [0.25, 0.3) is 0 Å². The molecule has 0 radical (unpaired) electrons. The van der Waals surface area contributed by atoms with Crippen LogP contribution in [0.3, 0.4) is 0 Å². The normalized spacial score (nSPS) is 19.2. The molecule has 1 aliphatic heterocycles. The lowest BCUT2D eigenvalue weighted by molar-refractivity contribution is -0.125. The van der Waals surface area contributed by atoms with Crippen molar-refractivity contribution in [2.45, 2.75) is 25.9 Å². The summed E-state index contributed by atoms with van der Waals surface area (Å²) in [6.07, 6.45) is 0. The molecule has 6 heteroatoms. The van der Waals surface area contributed by atoms with E-state index in [2.05, 4.69) is 26.1 Å². The lowest BCUT2D eigenvalue weighted by Gasteiger charge is -2.37. The molecule has 2 rings (SSSR count). The van der Waals surface area contributed by atoms with Crippen molar-refractivity contribution in [2.24, 2.45) is 0 Å². The quantitative estimate of drug-likeness (QED) is 0.822. The first-order chi connectivity index (χ1) is 9.49. The fraction of sp³-hybridized carbons (Fsp3) is 0.500. The number of halogens is 1. The standard InChI is InChI=1S/C14H20BrN3O2/c1-9(2)17-14(19)13-8-20-6-5-18(13)12-4-3-10(16)7-11(12)15/h3-4,7,9,13H,5-6,8,16H2,1-2H3,(H,17,19). The summed E-state index contributed by atoms with van der Waals surface area (Å²) < 4.78 is 6.35. The molecule has 0 spiro atoms. The summed E-state index contributed by atoms with van der Waals surface area (Å²) in [5, 5.41) is 2.94. The third-order valence-corrected chi connectivity index (χ3v) is 3.78. The van der Waals surface area contributed by atoms with Gasteiger partial charge in [-0.2, -0.15) is 0 Å². The molecule has 0 aromatic heterocycles. The SMILES string of the molecule is CC(C)NC(=O)C1COCCN1c1ccc(N)cc1Br. The monoisotopic (exact) mass is 341 g/mol. The number of carbonyl (C=O) groups is 1. The van der Waals surface area contributed by atoms with Crippen molar-refractivity contribution in [3.8, 4) is 0 Å². The van der Waals surface area contributed by atoms with Crippen molar-refractivity contribution in [1.82, 2.24) is 5.32 Å². The van der Waals surface area contributed by atoms with Crippen molar-refractivity contribution >= 4 is 33.2 Å². The molecule has 0 bridgehead atoms. The van der Waals surface area contributed by atoms with E-state index in [9.17, 15) is 4.79 Å². The van der Waals surface area contributed by atoms with Crippen LogP contribution < -0.4 is 16.0 Å². The maximum absolute atomic E-state index is 12.3. The van der Waals surface area contributed by atoms with Gasteiger partial charge in [-0.05, 0) is 48.0 Å². The molecule has 1 heterocycles. The number of amides is 1. The Balaban J connectivity index is 2.24. The number of rotatable bonds is 3.